The standard InChI is InChI=1S/C19H24N2O4/c1-13(2)11-20-18(23)12-25-19(24)10-17-16-7-5-4-6-15(16)8-9-21(17)14(3)22/h4-9,13,17H,10-12H2,1-3H3,(H,20,23)/t17-/m1/s1. The van der Waals surface area contributed by atoms with E-state index in [0.29, 0.717) is 12.5 Å². The maximum absolute atomic E-state index is 12.2. The number of carbonyl (C=O) groups is 3. The summed E-state index contributed by atoms with van der Waals surface area (Å²) >= 11 is 0. The minimum atomic E-state index is -0.513. The van der Waals surface area contributed by atoms with E-state index in [0.717, 1.165) is 11.1 Å². The van der Waals surface area contributed by atoms with Crippen molar-refractivity contribution in [2.24, 2.45) is 5.92 Å². The summed E-state index contributed by atoms with van der Waals surface area (Å²) in [5, 5.41) is 2.69. The molecule has 0 saturated heterocycles. The molecule has 0 radical (unpaired) electrons. The normalized spacial score (nSPS) is 15.7. The van der Waals surface area contributed by atoms with Gasteiger partial charge in [-0.3, -0.25) is 14.4 Å². The van der Waals surface area contributed by atoms with Gasteiger partial charge in [0.25, 0.3) is 5.91 Å². The summed E-state index contributed by atoms with van der Waals surface area (Å²) in [4.78, 5) is 37.2. The highest BCUT2D eigenvalue weighted by molar-refractivity contribution is 5.82. The van der Waals surface area contributed by atoms with Gasteiger partial charge < -0.3 is 15.0 Å². The predicted octanol–water partition coefficient (Wildman–Crippen LogP) is 2.27. The molecular weight excluding hydrogens is 320 g/mol. The first-order chi connectivity index (χ1) is 11.9. The van der Waals surface area contributed by atoms with Crippen LogP contribution in [0.5, 0.6) is 0 Å². The van der Waals surface area contributed by atoms with E-state index in [1.54, 1.807) is 6.20 Å². The summed E-state index contributed by atoms with van der Waals surface area (Å²) in [6, 6.07) is 7.17. The molecule has 1 aromatic carbocycles. The third-order valence-electron chi connectivity index (χ3n) is 3.90. The largest absolute Gasteiger partial charge is 0.456 e. The number of benzene rings is 1. The Bertz CT molecular complexity index is 682. The van der Waals surface area contributed by atoms with E-state index in [1.807, 2.05) is 44.2 Å². The van der Waals surface area contributed by atoms with E-state index < -0.39 is 12.0 Å². The zero-order valence-corrected chi connectivity index (χ0v) is 14.8. The van der Waals surface area contributed by atoms with Crippen molar-refractivity contribution in [3.63, 3.8) is 0 Å². The topological polar surface area (TPSA) is 75.7 Å². The van der Waals surface area contributed by atoms with Crippen LogP contribution in [0, 0.1) is 5.92 Å². The Labute approximate surface area is 147 Å². The van der Waals surface area contributed by atoms with Crippen LogP contribution in [0.15, 0.2) is 30.5 Å². The van der Waals surface area contributed by atoms with Gasteiger partial charge in [0.15, 0.2) is 6.61 Å². The molecule has 0 unspecified atom stereocenters. The maximum atomic E-state index is 12.2. The van der Waals surface area contributed by atoms with Crippen molar-refractivity contribution >= 4 is 23.9 Å². The molecule has 1 N–H and O–H groups in total. The van der Waals surface area contributed by atoms with Crippen LogP contribution >= 0.6 is 0 Å². The summed E-state index contributed by atoms with van der Waals surface area (Å²) in [5.41, 5.74) is 1.86. The van der Waals surface area contributed by atoms with Crippen molar-refractivity contribution in [1.82, 2.24) is 10.2 Å². The van der Waals surface area contributed by atoms with Gasteiger partial charge in [0.05, 0.1) is 12.5 Å². The van der Waals surface area contributed by atoms with Crippen molar-refractivity contribution in [2.75, 3.05) is 13.2 Å². The monoisotopic (exact) mass is 344 g/mol. The summed E-state index contributed by atoms with van der Waals surface area (Å²) in [7, 11) is 0. The van der Waals surface area contributed by atoms with Crippen LogP contribution in [0.2, 0.25) is 0 Å². The van der Waals surface area contributed by atoms with E-state index in [2.05, 4.69) is 5.32 Å². The quantitative estimate of drug-likeness (QED) is 0.803. The lowest BCUT2D eigenvalue weighted by atomic mass is 9.94. The van der Waals surface area contributed by atoms with E-state index in [4.69, 9.17) is 4.74 Å². The van der Waals surface area contributed by atoms with Crippen LogP contribution in [-0.2, 0) is 19.1 Å². The third-order valence-corrected chi connectivity index (χ3v) is 3.90. The van der Waals surface area contributed by atoms with E-state index in [9.17, 15) is 14.4 Å². The second kappa shape index (κ2) is 8.46. The zero-order chi connectivity index (χ0) is 18.4. The van der Waals surface area contributed by atoms with Gasteiger partial charge in [0.1, 0.15) is 0 Å². The summed E-state index contributed by atoms with van der Waals surface area (Å²) < 4.78 is 5.07. The first-order valence-corrected chi connectivity index (χ1v) is 8.37. The molecule has 134 valence electrons. The molecule has 2 amide bonds. The Morgan fingerprint density at radius 2 is 1.96 bits per heavy atom. The van der Waals surface area contributed by atoms with Gasteiger partial charge in [-0.05, 0) is 23.1 Å². The molecule has 6 heteroatoms. The molecule has 0 fully saturated rings. The molecule has 6 nitrogen and oxygen atoms in total. The van der Waals surface area contributed by atoms with Crippen molar-refractivity contribution in [1.29, 1.82) is 0 Å². The second-order valence-electron chi connectivity index (χ2n) is 6.45. The van der Waals surface area contributed by atoms with E-state index in [1.165, 1.54) is 11.8 Å². The van der Waals surface area contributed by atoms with E-state index in [-0.39, 0.29) is 24.8 Å². The molecule has 1 aliphatic rings. The molecule has 1 aromatic rings. The average Bonchev–Trinajstić information content (AvgIpc) is 2.58. The van der Waals surface area contributed by atoms with Gasteiger partial charge >= 0.3 is 5.97 Å². The number of rotatable bonds is 6. The third kappa shape index (κ3) is 5.17. The van der Waals surface area contributed by atoms with Crippen molar-refractivity contribution < 1.29 is 19.1 Å². The Kier molecular flexibility index (Phi) is 6.33. The molecule has 1 atom stereocenters. The number of amides is 2. The Morgan fingerprint density at radius 3 is 2.64 bits per heavy atom. The van der Waals surface area contributed by atoms with Gasteiger partial charge in [-0.15, -0.1) is 0 Å². The van der Waals surface area contributed by atoms with Gasteiger partial charge in [-0.25, -0.2) is 0 Å². The average molecular weight is 344 g/mol. The number of hydrogen-bond donors (Lipinski definition) is 1. The van der Waals surface area contributed by atoms with Crippen LogP contribution in [0.25, 0.3) is 6.08 Å². The maximum Gasteiger partial charge on any atom is 0.308 e. The van der Waals surface area contributed by atoms with Gasteiger partial charge in [0, 0.05) is 19.7 Å². The molecule has 0 aromatic heterocycles. The number of carbonyl (C=O) groups excluding carboxylic acids is 3. The van der Waals surface area contributed by atoms with Gasteiger partial charge in [-0.2, -0.15) is 0 Å². The fraction of sp³-hybridized carbons (Fsp3) is 0.421. The summed E-state index contributed by atoms with van der Waals surface area (Å²) in [5.74, 6) is -0.664. The molecule has 0 bridgehead atoms. The minimum absolute atomic E-state index is 0.00159. The van der Waals surface area contributed by atoms with Crippen molar-refractivity contribution in [3.05, 3.63) is 41.6 Å². The SMILES string of the molecule is CC(=O)N1C=Cc2ccccc2[C@H]1CC(=O)OCC(=O)NCC(C)C. The lowest BCUT2D eigenvalue weighted by molar-refractivity contribution is -0.150. The first-order valence-electron chi connectivity index (χ1n) is 8.37. The minimum Gasteiger partial charge on any atom is -0.456 e. The number of nitrogens with one attached hydrogen (secondary N) is 1. The number of hydrogen-bond acceptors (Lipinski definition) is 4. The highest BCUT2D eigenvalue weighted by Crippen LogP contribution is 2.32. The Balaban J connectivity index is 1.99. The van der Waals surface area contributed by atoms with Crippen molar-refractivity contribution in [3.8, 4) is 0 Å². The molecular formula is C19H24N2O4. The molecule has 0 saturated carbocycles. The number of ether oxygens (including phenoxy) is 1. The van der Waals surface area contributed by atoms with Gasteiger partial charge in [0.2, 0.25) is 5.91 Å². The zero-order valence-electron chi connectivity index (χ0n) is 14.8. The first kappa shape index (κ1) is 18.7. The molecule has 2 rings (SSSR count). The van der Waals surface area contributed by atoms with Crippen LogP contribution in [0.1, 0.15) is 44.4 Å². The molecule has 0 aliphatic carbocycles. The molecule has 0 spiro atoms. The summed E-state index contributed by atoms with van der Waals surface area (Å²) in [6.07, 6.45) is 3.52. The fourth-order valence-electron chi connectivity index (χ4n) is 2.65. The Hall–Kier alpha value is -2.63. The van der Waals surface area contributed by atoms with Gasteiger partial charge in [-0.1, -0.05) is 38.1 Å². The van der Waals surface area contributed by atoms with Crippen molar-refractivity contribution in [2.45, 2.75) is 33.2 Å². The highest BCUT2D eigenvalue weighted by Gasteiger charge is 2.28. The van der Waals surface area contributed by atoms with Crippen LogP contribution < -0.4 is 5.32 Å². The Morgan fingerprint density at radius 1 is 1.24 bits per heavy atom. The van der Waals surface area contributed by atoms with Crippen LogP contribution in [-0.4, -0.2) is 35.8 Å². The number of nitrogens with zero attached hydrogens (tertiary/aromatic N) is 1. The molecule has 25 heavy (non-hydrogen) atoms. The second-order valence-corrected chi connectivity index (χ2v) is 6.45. The van der Waals surface area contributed by atoms with Crippen LogP contribution in [0.3, 0.4) is 0 Å². The van der Waals surface area contributed by atoms with Crippen LogP contribution in [0.4, 0.5) is 0 Å². The summed E-state index contributed by atoms with van der Waals surface area (Å²) in [6.45, 7) is 5.65. The molecule has 1 aliphatic heterocycles. The smallest absolute Gasteiger partial charge is 0.308 e. The lowest BCUT2D eigenvalue weighted by Crippen LogP contribution is -2.34. The van der Waals surface area contributed by atoms with E-state index >= 15 is 0 Å². The predicted molar refractivity (Wildman–Crippen MR) is 94.2 cm³/mol. The fourth-order valence-corrected chi connectivity index (χ4v) is 2.65. The molecule has 1 heterocycles. The number of esters is 1. The lowest BCUT2D eigenvalue weighted by Gasteiger charge is -2.32. The highest BCUT2D eigenvalue weighted by atomic mass is 16.5. The number of fused-ring (bicyclic) bond motifs is 1.